The molecule has 86 valence electrons. The minimum Gasteiger partial charge on any atom is -0.392 e. The summed E-state index contributed by atoms with van der Waals surface area (Å²) in [5, 5.41) is 17.9. The van der Waals surface area contributed by atoms with E-state index in [4.69, 9.17) is 21.1 Å². The Labute approximate surface area is 98.5 Å². The lowest BCUT2D eigenvalue weighted by atomic mass is 10.0. The van der Waals surface area contributed by atoms with Crippen LogP contribution in [0.15, 0.2) is 17.0 Å². The van der Waals surface area contributed by atoms with Crippen LogP contribution in [-0.4, -0.2) is 13.5 Å². The molecule has 0 heterocycles. The Bertz CT molecular complexity index is 546. The summed E-state index contributed by atoms with van der Waals surface area (Å²) in [5.74, 6) is 0. The molecule has 0 unspecified atom stereocenters. The van der Waals surface area contributed by atoms with Crippen LogP contribution in [0, 0.1) is 11.3 Å². The fourth-order valence-electron chi connectivity index (χ4n) is 1.53. The van der Waals surface area contributed by atoms with Gasteiger partial charge < -0.3 is 5.11 Å². The summed E-state index contributed by atoms with van der Waals surface area (Å²) in [7, 11) is 1.38. The number of rotatable bonds is 3. The van der Waals surface area contributed by atoms with Crippen LogP contribution >= 0.6 is 10.7 Å². The van der Waals surface area contributed by atoms with Crippen molar-refractivity contribution in [2.45, 2.75) is 24.8 Å². The SMILES string of the molecule is CCc1c(CO)cc(C#N)cc1S(=O)(=O)Cl. The van der Waals surface area contributed by atoms with Gasteiger partial charge in [0, 0.05) is 10.7 Å². The third kappa shape index (κ3) is 2.53. The molecule has 0 bridgehead atoms. The van der Waals surface area contributed by atoms with E-state index in [1.165, 1.54) is 12.1 Å². The lowest BCUT2D eigenvalue weighted by molar-refractivity contribution is 0.280. The second-order valence-electron chi connectivity index (χ2n) is 3.17. The van der Waals surface area contributed by atoms with Crippen molar-refractivity contribution in [3.8, 4) is 6.07 Å². The van der Waals surface area contributed by atoms with Crippen molar-refractivity contribution in [1.82, 2.24) is 0 Å². The molecule has 0 amide bonds. The van der Waals surface area contributed by atoms with Gasteiger partial charge in [-0.1, -0.05) is 6.92 Å². The molecule has 0 aliphatic heterocycles. The molecule has 0 radical (unpaired) electrons. The molecule has 0 aromatic heterocycles. The molecular weight excluding hydrogens is 250 g/mol. The number of halogens is 1. The van der Waals surface area contributed by atoms with Gasteiger partial charge in [0.1, 0.15) is 0 Å². The molecule has 0 saturated heterocycles. The fourth-order valence-corrected chi connectivity index (χ4v) is 2.78. The summed E-state index contributed by atoms with van der Waals surface area (Å²) in [6, 6.07) is 4.52. The van der Waals surface area contributed by atoms with E-state index >= 15 is 0 Å². The maximum Gasteiger partial charge on any atom is 0.261 e. The Morgan fingerprint density at radius 2 is 2.12 bits per heavy atom. The number of aliphatic hydroxyl groups excluding tert-OH is 1. The van der Waals surface area contributed by atoms with Crippen LogP contribution in [0.2, 0.25) is 0 Å². The zero-order chi connectivity index (χ0) is 12.3. The lowest BCUT2D eigenvalue weighted by Gasteiger charge is -2.10. The van der Waals surface area contributed by atoms with Gasteiger partial charge in [-0.2, -0.15) is 5.26 Å². The Morgan fingerprint density at radius 1 is 1.50 bits per heavy atom. The molecule has 6 heteroatoms. The molecule has 0 atom stereocenters. The van der Waals surface area contributed by atoms with Gasteiger partial charge in [-0.15, -0.1) is 0 Å². The predicted molar refractivity (Wildman–Crippen MR) is 59.5 cm³/mol. The highest BCUT2D eigenvalue weighted by Gasteiger charge is 2.18. The van der Waals surface area contributed by atoms with E-state index in [2.05, 4.69) is 0 Å². The normalized spacial score (nSPS) is 11.1. The molecule has 1 N–H and O–H groups in total. The Hall–Kier alpha value is -1.09. The number of nitrogens with zero attached hydrogens (tertiary/aromatic N) is 1. The maximum atomic E-state index is 11.3. The van der Waals surface area contributed by atoms with Crippen LogP contribution in [0.5, 0.6) is 0 Å². The van der Waals surface area contributed by atoms with Gasteiger partial charge in [-0.3, -0.25) is 0 Å². The first-order chi connectivity index (χ1) is 7.43. The van der Waals surface area contributed by atoms with Gasteiger partial charge in [-0.25, -0.2) is 8.42 Å². The molecule has 1 aromatic carbocycles. The first-order valence-electron chi connectivity index (χ1n) is 4.55. The second kappa shape index (κ2) is 4.83. The van der Waals surface area contributed by atoms with Crippen LogP contribution < -0.4 is 0 Å². The van der Waals surface area contributed by atoms with E-state index in [-0.39, 0.29) is 17.1 Å². The van der Waals surface area contributed by atoms with Gasteiger partial charge in [0.15, 0.2) is 0 Å². The van der Waals surface area contributed by atoms with Gasteiger partial charge >= 0.3 is 0 Å². The van der Waals surface area contributed by atoms with E-state index < -0.39 is 9.05 Å². The van der Waals surface area contributed by atoms with Crippen molar-refractivity contribution in [3.63, 3.8) is 0 Å². The zero-order valence-electron chi connectivity index (χ0n) is 8.57. The van der Waals surface area contributed by atoms with Crippen LogP contribution in [-0.2, 0) is 22.1 Å². The summed E-state index contributed by atoms with van der Waals surface area (Å²) in [6.07, 6.45) is 0.420. The summed E-state index contributed by atoms with van der Waals surface area (Å²) in [4.78, 5) is -0.0974. The average Bonchev–Trinajstić information content (AvgIpc) is 2.25. The van der Waals surface area contributed by atoms with E-state index in [0.717, 1.165) is 0 Å². The van der Waals surface area contributed by atoms with Crippen LogP contribution in [0.1, 0.15) is 23.6 Å². The first-order valence-corrected chi connectivity index (χ1v) is 6.86. The van der Waals surface area contributed by atoms with Crippen molar-refractivity contribution in [2.75, 3.05) is 0 Å². The van der Waals surface area contributed by atoms with Crippen molar-refractivity contribution in [2.24, 2.45) is 0 Å². The molecule has 4 nitrogen and oxygen atoms in total. The summed E-state index contributed by atoms with van der Waals surface area (Å²) in [6.45, 7) is 1.43. The third-order valence-corrected chi connectivity index (χ3v) is 3.61. The minimum absolute atomic E-state index is 0.0974. The molecule has 0 aliphatic rings. The average molecular weight is 260 g/mol. The van der Waals surface area contributed by atoms with Gasteiger partial charge in [0.25, 0.3) is 9.05 Å². The first kappa shape index (κ1) is 13.0. The highest BCUT2D eigenvalue weighted by molar-refractivity contribution is 8.13. The molecule has 1 aromatic rings. The largest absolute Gasteiger partial charge is 0.392 e. The molecule has 0 aliphatic carbocycles. The summed E-state index contributed by atoms with van der Waals surface area (Å²) >= 11 is 0. The van der Waals surface area contributed by atoms with Crippen LogP contribution in [0.3, 0.4) is 0 Å². The number of hydrogen-bond donors (Lipinski definition) is 1. The molecule has 16 heavy (non-hydrogen) atoms. The quantitative estimate of drug-likeness (QED) is 0.835. The number of aliphatic hydroxyl groups is 1. The summed E-state index contributed by atoms with van der Waals surface area (Å²) < 4.78 is 22.6. The predicted octanol–water partition coefficient (Wildman–Crippen LogP) is 1.54. The topological polar surface area (TPSA) is 78.2 Å². The van der Waals surface area contributed by atoms with E-state index in [1.54, 1.807) is 6.92 Å². The number of nitriles is 1. The highest BCUT2D eigenvalue weighted by atomic mass is 35.7. The van der Waals surface area contributed by atoms with E-state index in [1.807, 2.05) is 6.07 Å². The van der Waals surface area contributed by atoms with Gasteiger partial charge in [0.2, 0.25) is 0 Å². The maximum absolute atomic E-state index is 11.3. The third-order valence-electron chi connectivity index (χ3n) is 2.22. The molecule has 0 spiro atoms. The monoisotopic (exact) mass is 259 g/mol. The minimum atomic E-state index is -3.90. The van der Waals surface area contributed by atoms with Crippen LogP contribution in [0.25, 0.3) is 0 Å². The van der Waals surface area contributed by atoms with Crippen LogP contribution in [0.4, 0.5) is 0 Å². The van der Waals surface area contributed by atoms with Crippen molar-refractivity contribution in [3.05, 3.63) is 28.8 Å². The molecular formula is C10H10ClNO3S. The lowest BCUT2D eigenvalue weighted by Crippen LogP contribution is -2.03. The Balaban J connectivity index is 3.64. The van der Waals surface area contributed by atoms with E-state index in [9.17, 15) is 8.42 Å². The zero-order valence-corrected chi connectivity index (χ0v) is 10.1. The second-order valence-corrected chi connectivity index (χ2v) is 5.71. The van der Waals surface area contributed by atoms with Gasteiger partial charge in [0.05, 0.1) is 23.1 Å². The number of hydrogen-bond acceptors (Lipinski definition) is 4. The Morgan fingerprint density at radius 3 is 2.50 bits per heavy atom. The molecule has 1 rings (SSSR count). The fraction of sp³-hybridized carbons (Fsp3) is 0.300. The van der Waals surface area contributed by atoms with Gasteiger partial charge in [-0.05, 0) is 29.7 Å². The number of benzene rings is 1. The smallest absolute Gasteiger partial charge is 0.261 e. The highest BCUT2D eigenvalue weighted by Crippen LogP contribution is 2.25. The molecule has 0 saturated carbocycles. The van der Waals surface area contributed by atoms with Crippen molar-refractivity contribution < 1.29 is 13.5 Å². The van der Waals surface area contributed by atoms with E-state index in [0.29, 0.717) is 17.5 Å². The van der Waals surface area contributed by atoms with Crippen molar-refractivity contribution in [1.29, 1.82) is 5.26 Å². The standard InChI is InChI=1S/C10H10ClNO3S/c1-2-9-8(6-13)3-7(5-12)4-10(9)16(11,14)15/h3-4,13H,2,6H2,1H3. The summed E-state index contributed by atoms with van der Waals surface area (Å²) in [5.41, 5.74) is 1.04. The molecule has 0 fully saturated rings. The Kier molecular flexibility index (Phi) is 3.92. The van der Waals surface area contributed by atoms with Crippen molar-refractivity contribution >= 4 is 19.7 Å².